The third kappa shape index (κ3) is 2.55. The lowest BCUT2D eigenvalue weighted by molar-refractivity contribution is -0.535. The molecule has 1 aliphatic rings. The van der Waals surface area contributed by atoms with Crippen LogP contribution < -0.4 is 11.1 Å². The number of nitrogens with two attached hydrogens (primary N) is 2. The molecule has 2 heterocycles. The van der Waals surface area contributed by atoms with E-state index in [1.165, 1.54) is 6.21 Å². The molecule has 5 N–H and O–H groups in total. The summed E-state index contributed by atoms with van der Waals surface area (Å²) in [6.07, 6.45) is 6.44. The third-order valence-electron chi connectivity index (χ3n) is 2.07. The molecular formula is C10H10ClN6+. The Labute approximate surface area is 102 Å². The minimum absolute atomic E-state index is 0.0720. The van der Waals surface area contributed by atoms with Gasteiger partial charge in [-0.05, 0) is 0 Å². The fourth-order valence-electron chi connectivity index (χ4n) is 1.37. The Kier molecular flexibility index (Phi) is 3.27. The van der Waals surface area contributed by atoms with E-state index >= 15 is 0 Å². The molecule has 1 aliphatic heterocycles. The summed E-state index contributed by atoms with van der Waals surface area (Å²) in [5.74, 6) is 0.708. The molecule has 0 spiro atoms. The molecule has 1 aromatic rings. The average molecular weight is 250 g/mol. The summed E-state index contributed by atoms with van der Waals surface area (Å²) in [5.41, 5.74) is 6.54. The van der Waals surface area contributed by atoms with E-state index in [0.29, 0.717) is 17.1 Å². The molecule has 0 aliphatic carbocycles. The van der Waals surface area contributed by atoms with Crippen LogP contribution in [0.2, 0.25) is 5.15 Å². The van der Waals surface area contributed by atoms with Gasteiger partial charge in [0, 0.05) is 24.6 Å². The number of hydrogen-bond donors (Lipinski definition) is 3. The maximum atomic E-state index is 7.43. The fourth-order valence-corrected chi connectivity index (χ4v) is 1.56. The Morgan fingerprint density at radius 3 is 2.88 bits per heavy atom. The predicted octanol–water partition coefficient (Wildman–Crippen LogP) is 0.192. The molecular weight excluding hydrogens is 240 g/mol. The minimum Gasteiger partial charge on any atom is -0.368 e. The molecule has 0 saturated carbocycles. The topological polar surface area (TPSA) is 105 Å². The third-order valence-corrected chi connectivity index (χ3v) is 2.27. The number of halogens is 1. The number of hydrogen-bond acceptors (Lipinski definition) is 5. The van der Waals surface area contributed by atoms with Crippen molar-refractivity contribution in [2.24, 2.45) is 4.99 Å². The lowest BCUT2D eigenvalue weighted by atomic mass is 10.2. The number of anilines is 1. The Morgan fingerprint density at radius 1 is 1.47 bits per heavy atom. The van der Waals surface area contributed by atoms with E-state index in [1.807, 2.05) is 6.20 Å². The molecule has 0 radical (unpaired) electrons. The Hall–Kier alpha value is -2.05. The number of quaternary nitrogens is 1. The van der Waals surface area contributed by atoms with Gasteiger partial charge >= 0.3 is 0 Å². The molecule has 0 unspecified atom stereocenters. The molecule has 0 amide bonds. The largest absolute Gasteiger partial charge is 0.368 e. The maximum Gasteiger partial charge on any atom is 0.239 e. The van der Waals surface area contributed by atoms with Gasteiger partial charge in [-0.2, -0.15) is 0 Å². The first-order valence-corrected chi connectivity index (χ1v) is 5.18. The van der Waals surface area contributed by atoms with E-state index in [2.05, 4.69) is 15.0 Å². The second-order valence-corrected chi connectivity index (χ2v) is 3.59. The number of aromatic nitrogens is 2. The number of nitrogen functional groups attached to an aromatic ring is 1. The second kappa shape index (κ2) is 4.86. The Morgan fingerprint density at radius 2 is 2.29 bits per heavy atom. The number of allylic oxidation sites excluding steroid dienone is 2. The summed E-state index contributed by atoms with van der Waals surface area (Å²) in [6.45, 7) is 0. The van der Waals surface area contributed by atoms with Gasteiger partial charge in [0.25, 0.3) is 0 Å². The summed E-state index contributed by atoms with van der Waals surface area (Å²) in [7, 11) is 0. The fraction of sp³-hybridized carbons (Fsp3) is 0. The Bertz CT molecular complexity index is 525. The van der Waals surface area contributed by atoms with Crippen LogP contribution in [0.5, 0.6) is 0 Å². The van der Waals surface area contributed by atoms with Gasteiger partial charge in [-0.25, -0.2) is 15.0 Å². The molecule has 86 valence electrons. The molecule has 0 fully saturated rings. The van der Waals surface area contributed by atoms with Crippen LogP contribution in [0.25, 0.3) is 5.57 Å². The van der Waals surface area contributed by atoms with Crippen LogP contribution in [0.15, 0.2) is 29.2 Å². The van der Waals surface area contributed by atoms with E-state index in [-0.39, 0.29) is 11.1 Å². The predicted molar refractivity (Wildman–Crippen MR) is 66.7 cm³/mol. The normalized spacial score (nSPS) is 17.0. The monoisotopic (exact) mass is 249 g/mol. The van der Waals surface area contributed by atoms with Crippen molar-refractivity contribution >= 4 is 35.6 Å². The molecule has 7 heteroatoms. The quantitative estimate of drug-likeness (QED) is 0.515. The molecule has 6 nitrogen and oxygen atoms in total. The molecule has 0 atom stereocenters. The smallest absolute Gasteiger partial charge is 0.239 e. The molecule has 0 bridgehead atoms. The summed E-state index contributed by atoms with van der Waals surface area (Å²) >= 11 is 5.80. The molecule has 0 saturated heterocycles. The average Bonchev–Trinajstić information content (AvgIpc) is 2.30. The van der Waals surface area contributed by atoms with Crippen LogP contribution in [0, 0.1) is 5.41 Å². The van der Waals surface area contributed by atoms with Crippen molar-refractivity contribution in [1.29, 1.82) is 5.41 Å². The van der Waals surface area contributed by atoms with Crippen molar-refractivity contribution in [3.05, 3.63) is 35.0 Å². The first-order chi connectivity index (χ1) is 8.20. The summed E-state index contributed by atoms with van der Waals surface area (Å²) in [5, 5.41) is 9.45. The number of nitrogens with one attached hydrogen (secondary N) is 1. The van der Waals surface area contributed by atoms with Gasteiger partial charge in [-0.3, -0.25) is 5.32 Å². The van der Waals surface area contributed by atoms with Crippen LogP contribution in [0.1, 0.15) is 5.69 Å². The van der Waals surface area contributed by atoms with Crippen molar-refractivity contribution in [2.75, 3.05) is 5.73 Å². The van der Waals surface area contributed by atoms with Crippen LogP contribution in [-0.4, -0.2) is 22.4 Å². The summed E-state index contributed by atoms with van der Waals surface area (Å²) in [6, 6.07) is 1.55. The molecule has 1 aromatic heterocycles. The zero-order valence-electron chi connectivity index (χ0n) is 8.76. The van der Waals surface area contributed by atoms with Gasteiger partial charge in [-0.15, -0.1) is 0 Å². The van der Waals surface area contributed by atoms with E-state index in [4.69, 9.17) is 22.7 Å². The first kappa shape index (κ1) is 11.4. The zero-order chi connectivity index (χ0) is 12.3. The first-order valence-electron chi connectivity index (χ1n) is 4.80. The highest BCUT2D eigenvalue weighted by atomic mass is 35.5. The highest BCUT2D eigenvalue weighted by Crippen LogP contribution is 2.17. The number of aliphatic imine (C=N–C) groups is 1. The van der Waals surface area contributed by atoms with Crippen molar-refractivity contribution in [3.8, 4) is 0 Å². The highest BCUT2D eigenvalue weighted by molar-refractivity contribution is 6.29. The van der Waals surface area contributed by atoms with Crippen LogP contribution in [0.4, 0.5) is 5.95 Å². The molecule has 0 aromatic carbocycles. The van der Waals surface area contributed by atoms with E-state index < -0.39 is 0 Å². The standard InChI is InChI=1S/C10H9ClN6/c11-8-4-7(16-10(13)17-8)6(5-12)9-14-2-1-3-15-9/h1-5,12,14H,(H2,13,16,17)/p+1. The van der Waals surface area contributed by atoms with Crippen molar-refractivity contribution in [3.63, 3.8) is 0 Å². The molecule has 17 heavy (non-hydrogen) atoms. The maximum absolute atomic E-state index is 7.43. The van der Waals surface area contributed by atoms with E-state index in [0.717, 1.165) is 0 Å². The van der Waals surface area contributed by atoms with E-state index in [1.54, 1.807) is 23.7 Å². The van der Waals surface area contributed by atoms with Gasteiger partial charge in [0.15, 0.2) is 0 Å². The van der Waals surface area contributed by atoms with Crippen LogP contribution in [-0.2, 0) is 0 Å². The highest BCUT2D eigenvalue weighted by Gasteiger charge is 2.14. The summed E-state index contributed by atoms with van der Waals surface area (Å²) < 4.78 is 0. The van der Waals surface area contributed by atoms with Gasteiger partial charge in [0.1, 0.15) is 11.4 Å². The Balaban J connectivity index is 2.52. The van der Waals surface area contributed by atoms with Crippen LogP contribution >= 0.6 is 11.6 Å². The van der Waals surface area contributed by atoms with Gasteiger partial charge < -0.3 is 11.1 Å². The minimum atomic E-state index is 0.0720. The second-order valence-electron chi connectivity index (χ2n) is 3.21. The lowest BCUT2D eigenvalue weighted by Gasteiger charge is -2.05. The number of rotatable bonds is 2. The zero-order valence-corrected chi connectivity index (χ0v) is 9.52. The van der Waals surface area contributed by atoms with Crippen molar-refractivity contribution in [1.82, 2.24) is 9.97 Å². The molecule has 2 rings (SSSR count). The lowest BCUT2D eigenvalue weighted by Crippen LogP contribution is -2.76. The number of nitrogens with zero attached hydrogens (tertiary/aromatic N) is 3. The van der Waals surface area contributed by atoms with Crippen molar-refractivity contribution < 1.29 is 5.32 Å². The SMILES string of the molecule is N=CC(=C1N=CC=C[NH2+]1)c1cc(Cl)nc(N)n1. The van der Waals surface area contributed by atoms with Gasteiger partial charge in [-0.1, -0.05) is 11.6 Å². The van der Waals surface area contributed by atoms with Crippen molar-refractivity contribution in [2.45, 2.75) is 0 Å². The summed E-state index contributed by atoms with van der Waals surface area (Å²) in [4.78, 5) is 12.0. The van der Waals surface area contributed by atoms with Crippen LogP contribution in [0.3, 0.4) is 0 Å². The van der Waals surface area contributed by atoms with Gasteiger partial charge in [0.2, 0.25) is 11.8 Å². The van der Waals surface area contributed by atoms with E-state index in [9.17, 15) is 0 Å². The van der Waals surface area contributed by atoms with Gasteiger partial charge in [0.05, 0.1) is 11.3 Å².